The van der Waals surface area contributed by atoms with Gasteiger partial charge in [0, 0.05) is 22.3 Å². The van der Waals surface area contributed by atoms with Gasteiger partial charge in [0.1, 0.15) is 17.9 Å². The van der Waals surface area contributed by atoms with Crippen LogP contribution in [0.2, 0.25) is 0 Å². The molecule has 1 amide bonds. The lowest BCUT2D eigenvalue weighted by Gasteiger charge is -2.32. The van der Waals surface area contributed by atoms with E-state index in [9.17, 15) is 14.4 Å². The summed E-state index contributed by atoms with van der Waals surface area (Å²) in [6, 6.07) is -0.728. The summed E-state index contributed by atoms with van der Waals surface area (Å²) in [5, 5.41) is 0. The highest BCUT2D eigenvalue weighted by Gasteiger charge is 2.54. The average Bonchev–Trinajstić information content (AvgIpc) is 2.86. The van der Waals surface area contributed by atoms with Gasteiger partial charge in [0.2, 0.25) is 0 Å². The Morgan fingerprint density at radius 2 is 1.96 bits per heavy atom. The standard InChI is InChI=1S/C16H22INO5/c1-16(2,3)23-15(21)18-7-10-9(8-19)5-6-11(17)12(10)13(18)14(20)22-4/h5-6,8-13H,7H2,1-4H3/t9-,10-,11-,12-,13+/m1/s1. The molecule has 23 heavy (non-hydrogen) atoms. The normalized spacial score (nSPS) is 33.1. The molecular weight excluding hydrogens is 413 g/mol. The number of likely N-dealkylation sites (tertiary alicyclic amines) is 1. The lowest BCUT2D eigenvalue weighted by molar-refractivity contribution is -0.147. The molecule has 1 heterocycles. The number of hydrogen-bond donors (Lipinski definition) is 0. The molecule has 0 spiro atoms. The van der Waals surface area contributed by atoms with Gasteiger partial charge in [-0.1, -0.05) is 34.7 Å². The van der Waals surface area contributed by atoms with Crippen LogP contribution in [0.3, 0.4) is 0 Å². The summed E-state index contributed by atoms with van der Waals surface area (Å²) in [5.74, 6) is -1.03. The number of amides is 1. The lowest BCUT2D eigenvalue weighted by atomic mass is 9.76. The Morgan fingerprint density at radius 1 is 1.30 bits per heavy atom. The van der Waals surface area contributed by atoms with Crippen LogP contribution in [0.5, 0.6) is 0 Å². The van der Waals surface area contributed by atoms with Crippen molar-refractivity contribution < 1.29 is 23.9 Å². The number of ether oxygens (including phenoxy) is 2. The molecule has 0 bridgehead atoms. The Hall–Kier alpha value is -1.12. The van der Waals surface area contributed by atoms with Crippen molar-refractivity contribution >= 4 is 40.9 Å². The molecular formula is C16H22INO5. The number of methoxy groups -OCH3 is 1. The molecule has 2 aliphatic rings. The van der Waals surface area contributed by atoms with E-state index in [1.165, 1.54) is 12.0 Å². The molecule has 0 aromatic carbocycles. The highest BCUT2D eigenvalue weighted by molar-refractivity contribution is 14.1. The summed E-state index contributed by atoms with van der Waals surface area (Å²) < 4.78 is 10.4. The van der Waals surface area contributed by atoms with E-state index in [-0.39, 0.29) is 21.7 Å². The Bertz CT molecular complexity index is 527. The topological polar surface area (TPSA) is 72.9 Å². The summed E-state index contributed by atoms with van der Waals surface area (Å²) in [6.45, 7) is 5.64. The first-order chi connectivity index (χ1) is 10.7. The van der Waals surface area contributed by atoms with Gasteiger partial charge in [0.05, 0.1) is 7.11 Å². The summed E-state index contributed by atoms with van der Waals surface area (Å²) in [7, 11) is 1.31. The Balaban J connectivity index is 2.34. The smallest absolute Gasteiger partial charge is 0.411 e. The minimum Gasteiger partial charge on any atom is -0.467 e. The predicted molar refractivity (Wildman–Crippen MR) is 92.2 cm³/mol. The van der Waals surface area contributed by atoms with E-state index in [4.69, 9.17) is 9.47 Å². The Kier molecular flexibility index (Phi) is 5.37. The number of halogens is 1. The molecule has 1 aliphatic carbocycles. The molecule has 0 aromatic rings. The molecule has 0 radical (unpaired) electrons. The predicted octanol–water partition coefficient (Wildman–Crippen LogP) is 2.20. The molecule has 6 nitrogen and oxygen atoms in total. The lowest BCUT2D eigenvalue weighted by Crippen LogP contribution is -2.47. The average molecular weight is 435 g/mol. The van der Waals surface area contributed by atoms with Crippen molar-refractivity contribution in [2.45, 2.75) is 36.3 Å². The molecule has 0 unspecified atom stereocenters. The number of esters is 1. The zero-order valence-electron chi connectivity index (χ0n) is 13.7. The number of fused-ring (bicyclic) bond motifs is 1. The van der Waals surface area contributed by atoms with Gasteiger partial charge in [-0.3, -0.25) is 4.90 Å². The van der Waals surface area contributed by atoms with E-state index in [2.05, 4.69) is 22.6 Å². The van der Waals surface area contributed by atoms with Crippen LogP contribution in [-0.2, 0) is 19.1 Å². The molecule has 1 aliphatic heterocycles. The van der Waals surface area contributed by atoms with Gasteiger partial charge < -0.3 is 14.3 Å². The Morgan fingerprint density at radius 3 is 2.48 bits per heavy atom. The van der Waals surface area contributed by atoms with E-state index in [1.807, 2.05) is 12.2 Å². The van der Waals surface area contributed by atoms with Gasteiger partial charge in [-0.2, -0.15) is 0 Å². The van der Waals surface area contributed by atoms with Gasteiger partial charge in [-0.15, -0.1) is 0 Å². The van der Waals surface area contributed by atoms with E-state index >= 15 is 0 Å². The molecule has 0 aromatic heterocycles. The zero-order chi connectivity index (χ0) is 17.4. The number of alkyl halides is 1. The third-order valence-corrected chi connectivity index (χ3v) is 5.45. The quantitative estimate of drug-likeness (QED) is 0.219. The van der Waals surface area contributed by atoms with Crippen LogP contribution in [0.15, 0.2) is 12.2 Å². The number of nitrogens with zero attached hydrogens (tertiary/aromatic N) is 1. The highest BCUT2D eigenvalue weighted by atomic mass is 127. The van der Waals surface area contributed by atoms with Gasteiger partial charge in [0.15, 0.2) is 0 Å². The van der Waals surface area contributed by atoms with Crippen molar-refractivity contribution in [1.82, 2.24) is 4.90 Å². The fourth-order valence-corrected chi connectivity index (χ4v) is 4.42. The van der Waals surface area contributed by atoms with Gasteiger partial charge in [-0.25, -0.2) is 9.59 Å². The van der Waals surface area contributed by atoms with E-state index in [1.54, 1.807) is 20.8 Å². The first-order valence-electron chi connectivity index (χ1n) is 7.54. The van der Waals surface area contributed by atoms with Gasteiger partial charge >= 0.3 is 12.1 Å². The van der Waals surface area contributed by atoms with Crippen molar-refractivity contribution in [3.05, 3.63) is 12.2 Å². The van der Waals surface area contributed by atoms with Crippen LogP contribution >= 0.6 is 22.6 Å². The summed E-state index contributed by atoms with van der Waals surface area (Å²) >= 11 is 2.24. The summed E-state index contributed by atoms with van der Waals surface area (Å²) in [4.78, 5) is 37.6. The maximum atomic E-state index is 12.5. The van der Waals surface area contributed by atoms with Gasteiger partial charge in [-0.05, 0) is 26.7 Å². The van der Waals surface area contributed by atoms with Gasteiger partial charge in [0.25, 0.3) is 0 Å². The number of rotatable bonds is 2. The number of carbonyl (C=O) groups is 3. The van der Waals surface area contributed by atoms with E-state index in [0.29, 0.717) is 6.54 Å². The second kappa shape index (κ2) is 6.78. The maximum Gasteiger partial charge on any atom is 0.411 e. The van der Waals surface area contributed by atoms with Crippen molar-refractivity contribution in [3.8, 4) is 0 Å². The third-order valence-electron chi connectivity index (χ3n) is 4.21. The van der Waals surface area contributed by atoms with Crippen LogP contribution in [-0.4, -0.2) is 52.5 Å². The van der Waals surface area contributed by atoms with E-state index < -0.39 is 23.7 Å². The number of carbonyl (C=O) groups excluding carboxylic acids is 3. The molecule has 0 N–H and O–H groups in total. The summed E-state index contributed by atoms with van der Waals surface area (Å²) in [5.41, 5.74) is -0.655. The SMILES string of the molecule is COC(=O)[C@@H]1[C@@H]2[C@H](CN1C(=O)OC(C)(C)C)[C@@H](C=O)C=C[C@H]2I. The van der Waals surface area contributed by atoms with Crippen molar-refractivity contribution in [3.63, 3.8) is 0 Å². The minimum absolute atomic E-state index is 0.0466. The summed E-state index contributed by atoms with van der Waals surface area (Å²) in [6.07, 6.45) is 4.12. The molecule has 5 atom stereocenters. The second-order valence-electron chi connectivity index (χ2n) is 6.88. The first kappa shape index (κ1) is 18.2. The zero-order valence-corrected chi connectivity index (χ0v) is 15.8. The van der Waals surface area contributed by atoms with Crippen LogP contribution in [0.25, 0.3) is 0 Å². The molecule has 7 heteroatoms. The highest BCUT2D eigenvalue weighted by Crippen LogP contribution is 2.44. The third kappa shape index (κ3) is 3.70. The number of allylic oxidation sites excluding steroid dienone is 2. The van der Waals surface area contributed by atoms with Crippen molar-refractivity contribution in [1.29, 1.82) is 0 Å². The molecule has 1 fully saturated rings. The van der Waals surface area contributed by atoms with Crippen molar-refractivity contribution in [2.75, 3.05) is 13.7 Å². The second-order valence-corrected chi connectivity index (χ2v) is 8.32. The van der Waals surface area contributed by atoms with Crippen LogP contribution in [0, 0.1) is 17.8 Å². The fraction of sp³-hybridized carbons (Fsp3) is 0.688. The van der Waals surface area contributed by atoms with Crippen molar-refractivity contribution in [2.24, 2.45) is 17.8 Å². The first-order valence-corrected chi connectivity index (χ1v) is 8.79. The minimum atomic E-state index is -0.728. The molecule has 2 rings (SSSR count). The molecule has 128 valence electrons. The molecule has 0 saturated carbocycles. The fourth-order valence-electron chi connectivity index (χ4n) is 3.26. The largest absolute Gasteiger partial charge is 0.467 e. The van der Waals surface area contributed by atoms with Crippen LogP contribution < -0.4 is 0 Å². The van der Waals surface area contributed by atoms with Crippen LogP contribution in [0.1, 0.15) is 20.8 Å². The Labute approximate surface area is 149 Å². The number of hydrogen-bond acceptors (Lipinski definition) is 5. The van der Waals surface area contributed by atoms with Crippen LogP contribution in [0.4, 0.5) is 4.79 Å². The molecule has 1 saturated heterocycles. The maximum absolute atomic E-state index is 12.5. The van der Waals surface area contributed by atoms with E-state index in [0.717, 1.165) is 6.29 Å². The number of aldehydes is 1. The monoisotopic (exact) mass is 435 g/mol.